The van der Waals surface area contributed by atoms with Gasteiger partial charge in [0, 0.05) is 52.6 Å². The quantitative estimate of drug-likeness (QED) is 0.175. The van der Waals surface area contributed by atoms with Gasteiger partial charge in [-0.05, 0) is 37.0 Å². The third kappa shape index (κ3) is 9.83. The molecule has 0 bridgehead atoms. The van der Waals surface area contributed by atoms with Crippen molar-refractivity contribution in [1.82, 2.24) is 15.5 Å². The lowest BCUT2D eigenvalue weighted by atomic mass is 10.1. The molecule has 1 saturated heterocycles. The number of hydrogen-bond donors (Lipinski definition) is 3. The fourth-order valence-electron chi connectivity index (χ4n) is 3.24. The molecule has 2 amide bonds. The van der Waals surface area contributed by atoms with Gasteiger partial charge in [-0.1, -0.05) is 12.1 Å². The molecule has 1 aromatic rings. The van der Waals surface area contributed by atoms with Crippen molar-refractivity contribution in [2.75, 3.05) is 47.0 Å². The van der Waals surface area contributed by atoms with E-state index in [1.54, 1.807) is 26.3 Å². The first-order valence-corrected chi connectivity index (χ1v) is 10.2. The highest BCUT2D eigenvalue weighted by molar-refractivity contribution is 14.0. The fraction of sp³-hybridized carbons (Fsp3) is 0.571. The second-order valence-electron chi connectivity index (χ2n) is 7.15. The largest absolute Gasteiger partial charge is 0.385 e. The van der Waals surface area contributed by atoms with E-state index in [1.165, 1.54) is 0 Å². The SMILES string of the molecule is CN=C(NCc1ccc(C(=O)NCC(N)=O)cc1)N1CCC(OCCCOC)CC1.I. The van der Waals surface area contributed by atoms with Gasteiger partial charge in [0.05, 0.1) is 12.6 Å². The Morgan fingerprint density at radius 3 is 2.42 bits per heavy atom. The summed E-state index contributed by atoms with van der Waals surface area (Å²) in [5, 5.41) is 5.85. The van der Waals surface area contributed by atoms with Crippen LogP contribution in [0.4, 0.5) is 0 Å². The highest BCUT2D eigenvalue weighted by atomic mass is 127. The number of primary amides is 1. The third-order valence-electron chi connectivity index (χ3n) is 4.89. The number of methoxy groups -OCH3 is 1. The molecule has 4 N–H and O–H groups in total. The van der Waals surface area contributed by atoms with Crippen molar-refractivity contribution in [3.63, 3.8) is 0 Å². The van der Waals surface area contributed by atoms with E-state index >= 15 is 0 Å². The molecule has 1 aromatic carbocycles. The first kappa shape index (κ1) is 27.1. The molecule has 0 aromatic heterocycles. The van der Waals surface area contributed by atoms with Crippen LogP contribution in [-0.2, 0) is 20.8 Å². The lowest BCUT2D eigenvalue weighted by molar-refractivity contribution is -0.117. The number of carbonyl (C=O) groups excluding carboxylic acids is 2. The summed E-state index contributed by atoms with van der Waals surface area (Å²) in [6, 6.07) is 7.20. The van der Waals surface area contributed by atoms with E-state index in [4.69, 9.17) is 15.2 Å². The van der Waals surface area contributed by atoms with E-state index in [1.807, 2.05) is 12.1 Å². The maximum Gasteiger partial charge on any atom is 0.251 e. The molecular formula is C21H34IN5O4. The number of ether oxygens (including phenoxy) is 2. The van der Waals surface area contributed by atoms with Crippen molar-refractivity contribution in [3.05, 3.63) is 35.4 Å². The number of rotatable bonds is 10. The summed E-state index contributed by atoms with van der Waals surface area (Å²) < 4.78 is 11.0. The summed E-state index contributed by atoms with van der Waals surface area (Å²) in [5.74, 6) is -0.0372. The number of likely N-dealkylation sites (tertiary alicyclic amines) is 1. The molecule has 1 aliphatic heterocycles. The summed E-state index contributed by atoms with van der Waals surface area (Å²) in [5.41, 5.74) is 6.55. The number of halogens is 1. The predicted molar refractivity (Wildman–Crippen MR) is 131 cm³/mol. The van der Waals surface area contributed by atoms with Crippen LogP contribution in [0, 0.1) is 0 Å². The zero-order valence-corrected chi connectivity index (χ0v) is 20.6. The van der Waals surface area contributed by atoms with E-state index < -0.39 is 5.91 Å². The Bertz CT molecular complexity index is 706. The average molecular weight is 547 g/mol. The average Bonchev–Trinajstić information content (AvgIpc) is 2.76. The van der Waals surface area contributed by atoms with Crippen LogP contribution in [0.1, 0.15) is 35.2 Å². The van der Waals surface area contributed by atoms with E-state index in [9.17, 15) is 9.59 Å². The number of hydrogen-bond acceptors (Lipinski definition) is 5. The van der Waals surface area contributed by atoms with Crippen LogP contribution in [0.15, 0.2) is 29.3 Å². The number of amides is 2. The number of carbonyl (C=O) groups is 2. The number of guanidine groups is 1. The summed E-state index contributed by atoms with van der Waals surface area (Å²) in [6.45, 7) is 3.69. The highest BCUT2D eigenvalue weighted by Crippen LogP contribution is 2.14. The van der Waals surface area contributed by atoms with Gasteiger partial charge in [0.2, 0.25) is 5.91 Å². The number of nitrogens with one attached hydrogen (secondary N) is 2. The zero-order chi connectivity index (χ0) is 21.8. The van der Waals surface area contributed by atoms with Crippen molar-refractivity contribution in [2.24, 2.45) is 10.7 Å². The minimum Gasteiger partial charge on any atom is -0.385 e. The molecule has 174 valence electrons. The van der Waals surface area contributed by atoms with Crippen LogP contribution in [0.3, 0.4) is 0 Å². The first-order chi connectivity index (χ1) is 14.5. The van der Waals surface area contributed by atoms with E-state index in [0.717, 1.165) is 57.1 Å². The van der Waals surface area contributed by atoms with Crippen molar-refractivity contribution in [1.29, 1.82) is 0 Å². The maximum atomic E-state index is 11.9. The van der Waals surface area contributed by atoms with Crippen molar-refractivity contribution < 1.29 is 19.1 Å². The van der Waals surface area contributed by atoms with E-state index in [-0.39, 0.29) is 36.4 Å². The van der Waals surface area contributed by atoms with Gasteiger partial charge in [-0.3, -0.25) is 14.6 Å². The van der Waals surface area contributed by atoms with Crippen LogP contribution >= 0.6 is 24.0 Å². The normalized spacial score (nSPS) is 14.6. The topological polar surface area (TPSA) is 118 Å². The van der Waals surface area contributed by atoms with Gasteiger partial charge in [-0.15, -0.1) is 24.0 Å². The van der Waals surface area contributed by atoms with Gasteiger partial charge in [-0.25, -0.2) is 0 Å². The zero-order valence-electron chi connectivity index (χ0n) is 18.3. The lowest BCUT2D eigenvalue weighted by Crippen LogP contribution is -2.46. The maximum absolute atomic E-state index is 11.9. The number of aliphatic imine (C=N–C) groups is 1. The summed E-state index contributed by atoms with van der Waals surface area (Å²) in [7, 11) is 3.48. The molecular weight excluding hydrogens is 513 g/mol. The van der Waals surface area contributed by atoms with Gasteiger partial charge in [0.1, 0.15) is 0 Å². The van der Waals surface area contributed by atoms with E-state index in [2.05, 4.69) is 20.5 Å². The Balaban J connectivity index is 0.00000480. The second kappa shape index (κ2) is 15.0. The van der Waals surface area contributed by atoms with Gasteiger partial charge in [0.15, 0.2) is 5.96 Å². The van der Waals surface area contributed by atoms with Crippen molar-refractivity contribution >= 4 is 41.8 Å². The Morgan fingerprint density at radius 2 is 1.84 bits per heavy atom. The molecule has 0 atom stereocenters. The molecule has 0 radical (unpaired) electrons. The molecule has 0 aliphatic carbocycles. The summed E-state index contributed by atoms with van der Waals surface area (Å²) in [6.07, 6.45) is 3.17. The van der Waals surface area contributed by atoms with E-state index in [0.29, 0.717) is 18.2 Å². The molecule has 10 heteroatoms. The predicted octanol–water partition coefficient (Wildman–Crippen LogP) is 1.11. The van der Waals surface area contributed by atoms with Crippen molar-refractivity contribution in [3.8, 4) is 0 Å². The van der Waals surface area contributed by atoms with Gasteiger partial charge < -0.3 is 30.7 Å². The summed E-state index contributed by atoms with van der Waals surface area (Å²) in [4.78, 5) is 29.3. The Hall–Kier alpha value is -1.92. The van der Waals surface area contributed by atoms with Gasteiger partial charge in [0.25, 0.3) is 5.91 Å². The minimum atomic E-state index is -0.572. The van der Waals surface area contributed by atoms with Crippen LogP contribution in [0.5, 0.6) is 0 Å². The summed E-state index contributed by atoms with van der Waals surface area (Å²) >= 11 is 0. The Kier molecular flexibility index (Phi) is 13.1. The molecule has 1 heterocycles. The number of benzene rings is 1. The molecule has 0 saturated carbocycles. The second-order valence-corrected chi connectivity index (χ2v) is 7.15. The first-order valence-electron chi connectivity index (χ1n) is 10.2. The van der Waals surface area contributed by atoms with Crippen LogP contribution in [0.25, 0.3) is 0 Å². The Labute approximate surface area is 201 Å². The van der Waals surface area contributed by atoms with Gasteiger partial charge >= 0.3 is 0 Å². The van der Waals surface area contributed by atoms with Crippen LogP contribution in [-0.4, -0.2) is 75.8 Å². The molecule has 31 heavy (non-hydrogen) atoms. The molecule has 2 rings (SSSR count). The number of nitrogens with zero attached hydrogens (tertiary/aromatic N) is 2. The standard InChI is InChI=1S/C21H33N5O4.HI/c1-23-21(26-10-8-18(9-11-26)30-13-3-12-29-2)25-14-16-4-6-17(7-5-16)20(28)24-15-19(22)27;/h4-7,18H,3,8-15H2,1-2H3,(H2,22,27)(H,23,25)(H,24,28);1H. The van der Waals surface area contributed by atoms with Crippen LogP contribution in [0.2, 0.25) is 0 Å². The monoisotopic (exact) mass is 547 g/mol. The minimum absolute atomic E-state index is 0. The lowest BCUT2D eigenvalue weighted by Gasteiger charge is -2.34. The molecule has 9 nitrogen and oxygen atoms in total. The van der Waals surface area contributed by atoms with Gasteiger partial charge in [-0.2, -0.15) is 0 Å². The molecule has 1 fully saturated rings. The van der Waals surface area contributed by atoms with Crippen LogP contribution < -0.4 is 16.4 Å². The fourth-order valence-corrected chi connectivity index (χ4v) is 3.24. The Morgan fingerprint density at radius 1 is 1.16 bits per heavy atom. The third-order valence-corrected chi connectivity index (χ3v) is 4.89. The highest BCUT2D eigenvalue weighted by Gasteiger charge is 2.21. The molecule has 0 spiro atoms. The number of nitrogens with two attached hydrogens (primary N) is 1. The molecule has 0 unspecified atom stereocenters. The molecule has 1 aliphatic rings. The smallest absolute Gasteiger partial charge is 0.251 e. The van der Waals surface area contributed by atoms with Crippen molar-refractivity contribution in [2.45, 2.75) is 31.9 Å². The number of piperidine rings is 1.